The van der Waals surface area contributed by atoms with Gasteiger partial charge < -0.3 is 5.11 Å². The molecule has 13 heavy (non-hydrogen) atoms. The second kappa shape index (κ2) is 3.61. The smallest absolute Gasteiger partial charge is 0.0571 e. The van der Waals surface area contributed by atoms with E-state index < -0.39 is 0 Å². The lowest BCUT2D eigenvalue weighted by Crippen LogP contribution is -2.27. The lowest BCUT2D eigenvalue weighted by molar-refractivity contribution is 0.0794. The van der Waals surface area contributed by atoms with Gasteiger partial charge in [0.05, 0.1) is 6.10 Å². The van der Waals surface area contributed by atoms with Crippen molar-refractivity contribution in [2.24, 2.45) is 11.3 Å². The summed E-state index contributed by atoms with van der Waals surface area (Å²) in [7, 11) is 0. The van der Waals surface area contributed by atoms with Crippen LogP contribution in [0.2, 0.25) is 0 Å². The molecule has 2 unspecified atom stereocenters. The number of hydrogen-bond donors (Lipinski definition) is 1. The molecular weight excluding hydrogens is 160 g/mol. The molecule has 0 amide bonds. The van der Waals surface area contributed by atoms with Crippen LogP contribution in [0.5, 0.6) is 0 Å². The highest BCUT2D eigenvalue weighted by Gasteiger charge is 2.44. The van der Waals surface area contributed by atoms with Gasteiger partial charge in [-0.25, -0.2) is 0 Å². The summed E-state index contributed by atoms with van der Waals surface area (Å²) in [6.07, 6.45) is 10.7. The maximum absolute atomic E-state index is 9.81. The summed E-state index contributed by atoms with van der Waals surface area (Å²) in [6.45, 7) is 2.27. The van der Waals surface area contributed by atoms with Gasteiger partial charge in [0, 0.05) is 0 Å². The van der Waals surface area contributed by atoms with E-state index in [1.165, 1.54) is 44.9 Å². The number of hydrogen-bond acceptors (Lipinski definition) is 1. The van der Waals surface area contributed by atoms with Gasteiger partial charge in [-0.2, -0.15) is 0 Å². The van der Waals surface area contributed by atoms with Gasteiger partial charge in [0.15, 0.2) is 0 Å². The summed E-state index contributed by atoms with van der Waals surface area (Å²) >= 11 is 0. The Hall–Kier alpha value is -0.0400. The average molecular weight is 182 g/mol. The van der Waals surface area contributed by atoms with E-state index in [4.69, 9.17) is 0 Å². The van der Waals surface area contributed by atoms with Gasteiger partial charge in [-0.15, -0.1) is 0 Å². The molecule has 2 aliphatic rings. The van der Waals surface area contributed by atoms with Gasteiger partial charge in [0.25, 0.3) is 0 Å². The molecule has 1 spiro atoms. The largest absolute Gasteiger partial charge is 0.393 e. The SMILES string of the molecule is CC1C(O)CCC12CCCCCC2. The van der Waals surface area contributed by atoms with Gasteiger partial charge in [-0.3, -0.25) is 0 Å². The lowest BCUT2D eigenvalue weighted by Gasteiger charge is -2.33. The molecule has 2 rings (SSSR count). The molecule has 76 valence electrons. The summed E-state index contributed by atoms with van der Waals surface area (Å²) in [6, 6.07) is 0. The van der Waals surface area contributed by atoms with Crippen molar-refractivity contribution < 1.29 is 5.11 Å². The van der Waals surface area contributed by atoms with Crippen molar-refractivity contribution in [2.45, 2.75) is 64.4 Å². The summed E-state index contributed by atoms with van der Waals surface area (Å²) in [5, 5.41) is 9.81. The number of rotatable bonds is 0. The minimum absolute atomic E-state index is 0.00176. The van der Waals surface area contributed by atoms with Crippen LogP contribution in [0, 0.1) is 11.3 Å². The highest BCUT2D eigenvalue weighted by Crippen LogP contribution is 2.51. The van der Waals surface area contributed by atoms with Crippen molar-refractivity contribution in [1.82, 2.24) is 0 Å². The van der Waals surface area contributed by atoms with Crippen LogP contribution in [0.15, 0.2) is 0 Å². The normalized spacial score (nSPS) is 39.2. The van der Waals surface area contributed by atoms with Crippen molar-refractivity contribution in [3.63, 3.8) is 0 Å². The summed E-state index contributed by atoms with van der Waals surface area (Å²) in [5.74, 6) is 0.561. The third-order valence-corrected chi connectivity index (χ3v) is 4.58. The Bertz CT molecular complexity index is 168. The summed E-state index contributed by atoms with van der Waals surface area (Å²) < 4.78 is 0. The fourth-order valence-corrected chi connectivity index (χ4v) is 3.46. The van der Waals surface area contributed by atoms with Crippen molar-refractivity contribution >= 4 is 0 Å². The fourth-order valence-electron chi connectivity index (χ4n) is 3.46. The maximum atomic E-state index is 9.81. The molecule has 2 atom stereocenters. The molecule has 1 heteroatoms. The number of aliphatic hydroxyl groups excluding tert-OH is 1. The van der Waals surface area contributed by atoms with E-state index in [-0.39, 0.29) is 6.10 Å². The molecule has 2 saturated carbocycles. The zero-order valence-electron chi connectivity index (χ0n) is 8.76. The molecule has 2 aliphatic carbocycles. The van der Waals surface area contributed by atoms with E-state index in [0.717, 1.165) is 6.42 Å². The topological polar surface area (TPSA) is 20.2 Å². The van der Waals surface area contributed by atoms with Crippen LogP contribution in [-0.4, -0.2) is 11.2 Å². The van der Waals surface area contributed by atoms with E-state index in [9.17, 15) is 5.11 Å². The quantitative estimate of drug-likeness (QED) is 0.610. The van der Waals surface area contributed by atoms with Crippen molar-refractivity contribution in [2.75, 3.05) is 0 Å². The predicted molar refractivity (Wildman–Crippen MR) is 54.5 cm³/mol. The van der Waals surface area contributed by atoms with Crippen LogP contribution in [0.4, 0.5) is 0 Å². The van der Waals surface area contributed by atoms with Crippen LogP contribution >= 0.6 is 0 Å². The van der Waals surface area contributed by atoms with Crippen LogP contribution < -0.4 is 0 Å². The molecule has 0 saturated heterocycles. The van der Waals surface area contributed by atoms with E-state index in [2.05, 4.69) is 6.92 Å². The van der Waals surface area contributed by atoms with Crippen molar-refractivity contribution in [3.05, 3.63) is 0 Å². The van der Waals surface area contributed by atoms with Gasteiger partial charge in [-0.1, -0.05) is 32.6 Å². The first-order chi connectivity index (χ1) is 6.25. The second-order valence-electron chi connectivity index (χ2n) is 5.17. The van der Waals surface area contributed by atoms with E-state index in [1.54, 1.807) is 0 Å². The van der Waals surface area contributed by atoms with Gasteiger partial charge in [0.2, 0.25) is 0 Å². The van der Waals surface area contributed by atoms with Crippen molar-refractivity contribution in [1.29, 1.82) is 0 Å². The zero-order chi connectivity index (χ0) is 9.31. The van der Waals surface area contributed by atoms with E-state index in [0.29, 0.717) is 11.3 Å². The molecule has 0 heterocycles. The molecule has 2 fully saturated rings. The maximum Gasteiger partial charge on any atom is 0.0571 e. The average Bonchev–Trinajstić information content (AvgIpc) is 2.38. The molecule has 0 radical (unpaired) electrons. The lowest BCUT2D eigenvalue weighted by atomic mass is 9.72. The minimum Gasteiger partial charge on any atom is -0.393 e. The molecular formula is C12H22O. The van der Waals surface area contributed by atoms with Crippen LogP contribution in [0.1, 0.15) is 58.3 Å². The first kappa shape index (κ1) is 9.51. The second-order valence-corrected chi connectivity index (χ2v) is 5.17. The molecule has 0 aromatic rings. The van der Waals surface area contributed by atoms with Crippen LogP contribution in [0.3, 0.4) is 0 Å². The van der Waals surface area contributed by atoms with Crippen LogP contribution in [0.25, 0.3) is 0 Å². The summed E-state index contributed by atoms with van der Waals surface area (Å²) in [4.78, 5) is 0. The third-order valence-electron chi connectivity index (χ3n) is 4.58. The Labute approximate surface area is 81.5 Å². The molecule has 0 aliphatic heterocycles. The Morgan fingerprint density at radius 1 is 1.00 bits per heavy atom. The standard InChI is InChI=1S/C12H22O/c1-10-11(13)6-9-12(10)7-4-2-3-5-8-12/h10-11,13H,2-9H2,1H3. The Balaban J connectivity index is 2.09. The monoisotopic (exact) mass is 182 g/mol. The first-order valence-electron chi connectivity index (χ1n) is 5.93. The highest BCUT2D eigenvalue weighted by molar-refractivity contribution is 4.95. The first-order valence-corrected chi connectivity index (χ1v) is 5.93. The Morgan fingerprint density at radius 2 is 1.62 bits per heavy atom. The molecule has 0 aromatic heterocycles. The van der Waals surface area contributed by atoms with E-state index in [1.807, 2.05) is 0 Å². The van der Waals surface area contributed by atoms with Gasteiger partial charge >= 0.3 is 0 Å². The number of aliphatic hydroxyl groups is 1. The zero-order valence-corrected chi connectivity index (χ0v) is 8.76. The molecule has 1 N–H and O–H groups in total. The van der Waals surface area contributed by atoms with Crippen molar-refractivity contribution in [3.8, 4) is 0 Å². The minimum atomic E-state index is -0.00176. The predicted octanol–water partition coefficient (Wildman–Crippen LogP) is 3.12. The van der Waals surface area contributed by atoms with Gasteiger partial charge in [-0.05, 0) is 37.0 Å². The molecule has 0 aromatic carbocycles. The molecule has 0 bridgehead atoms. The summed E-state index contributed by atoms with van der Waals surface area (Å²) in [5.41, 5.74) is 0.538. The van der Waals surface area contributed by atoms with Gasteiger partial charge in [0.1, 0.15) is 0 Å². The molecule has 1 nitrogen and oxygen atoms in total. The van der Waals surface area contributed by atoms with Crippen LogP contribution in [-0.2, 0) is 0 Å². The van der Waals surface area contributed by atoms with E-state index >= 15 is 0 Å². The Morgan fingerprint density at radius 3 is 2.08 bits per heavy atom. The third kappa shape index (κ3) is 1.63. The fraction of sp³-hybridized carbons (Fsp3) is 1.00. The highest BCUT2D eigenvalue weighted by atomic mass is 16.3. The Kier molecular flexibility index (Phi) is 2.64.